The van der Waals surface area contributed by atoms with Crippen molar-refractivity contribution >= 4 is 22.5 Å². The summed E-state index contributed by atoms with van der Waals surface area (Å²) in [6.07, 6.45) is 13.5. The van der Waals surface area contributed by atoms with Crippen molar-refractivity contribution in [3.05, 3.63) is 156 Å². The van der Waals surface area contributed by atoms with Gasteiger partial charge in [0.05, 0.1) is 0 Å². The highest BCUT2D eigenvalue weighted by molar-refractivity contribution is 5.83. The molecule has 0 radical (unpaired) electrons. The van der Waals surface area contributed by atoms with Crippen molar-refractivity contribution in [2.24, 2.45) is 0 Å². The van der Waals surface area contributed by atoms with Crippen LogP contribution in [0.5, 0.6) is 0 Å². The van der Waals surface area contributed by atoms with E-state index in [2.05, 4.69) is 171 Å². The normalized spacial score (nSPS) is 10.9. The fourth-order valence-electron chi connectivity index (χ4n) is 5.78. The zero-order chi connectivity index (χ0) is 31.0. The highest BCUT2D eigenvalue weighted by atomic mass is 15.1. The topological polar surface area (TPSA) is 6.48 Å². The molecule has 2 heteroatoms. The number of hydrogen-bond donors (Lipinski definition) is 0. The van der Waals surface area contributed by atoms with Crippen molar-refractivity contribution in [1.29, 1.82) is 0 Å². The summed E-state index contributed by atoms with van der Waals surface area (Å²) in [5.74, 6) is 0. The van der Waals surface area contributed by atoms with Gasteiger partial charge in [0.2, 0.25) is 0 Å². The minimum absolute atomic E-state index is 1.09. The van der Waals surface area contributed by atoms with E-state index in [0.29, 0.717) is 0 Å². The first-order valence-corrected chi connectivity index (χ1v) is 16.6. The molecule has 4 aromatic carbocycles. The number of rotatable bonds is 16. The van der Waals surface area contributed by atoms with Gasteiger partial charge in [-0.1, -0.05) is 137 Å². The van der Waals surface area contributed by atoms with Gasteiger partial charge < -0.3 is 9.80 Å². The third kappa shape index (κ3) is 9.10. The van der Waals surface area contributed by atoms with Crippen LogP contribution in [0.4, 0.5) is 11.4 Å². The smallest absolute Gasteiger partial charge is 0.0366 e. The van der Waals surface area contributed by atoms with Crippen LogP contribution in [-0.2, 0) is 0 Å². The molecule has 0 atom stereocenters. The van der Waals surface area contributed by atoms with Crippen LogP contribution in [0.3, 0.4) is 0 Å². The molecule has 44 heavy (non-hydrogen) atoms. The Bertz CT molecular complexity index is 1350. The Morgan fingerprint density at radius 2 is 0.705 bits per heavy atom. The molecule has 0 aliphatic carbocycles. The van der Waals surface area contributed by atoms with Crippen LogP contribution >= 0.6 is 0 Å². The molecule has 0 saturated carbocycles. The molecule has 0 N–H and O–H groups in total. The van der Waals surface area contributed by atoms with Crippen LogP contribution in [-0.4, -0.2) is 26.2 Å². The zero-order valence-electron chi connectivity index (χ0n) is 27.3. The summed E-state index contributed by atoms with van der Waals surface area (Å²) < 4.78 is 0. The van der Waals surface area contributed by atoms with E-state index in [4.69, 9.17) is 0 Å². The Morgan fingerprint density at radius 1 is 0.409 bits per heavy atom. The molecule has 0 spiro atoms. The zero-order valence-corrected chi connectivity index (χ0v) is 27.3. The maximum Gasteiger partial charge on any atom is 0.0366 e. The summed E-state index contributed by atoms with van der Waals surface area (Å²) in [5.41, 5.74) is 9.93. The van der Waals surface area contributed by atoms with E-state index < -0.39 is 0 Å². The molecule has 0 amide bonds. The number of hydrogen-bond acceptors (Lipinski definition) is 2. The average molecular weight is 583 g/mol. The van der Waals surface area contributed by atoms with Crippen LogP contribution in [0.25, 0.3) is 11.1 Å². The van der Waals surface area contributed by atoms with Crippen molar-refractivity contribution in [2.45, 2.75) is 53.4 Å². The molecule has 0 aliphatic rings. The van der Waals surface area contributed by atoms with Crippen LogP contribution in [0, 0.1) is 0 Å². The minimum atomic E-state index is 1.09. The van der Waals surface area contributed by atoms with E-state index in [0.717, 1.165) is 51.9 Å². The van der Waals surface area contributed by atoms with Gasteiger partial charge in [-0.15, -0.1) is 0 Å². The summed E-state index contributed by atoms with van der Waals surface area (Å²) in [4.78, 5) is 4.99. The van der Waals surface area contributed by atoms with Crippen molar-refractivity contribution in [3.63, 3.8) is 0 Å². The van der Waals surface area contributed by atoms with Crippen molar-refractivity contribution in [3.8, 4) is 0 Å². The first-order chi connectivity index (χ1) is 21.7. The third-order valence-corrected chi connectivity index (χ3v) is 7.87. The first kappa shape index (κ1) is 32.6. The van der Waals surface area contributed by atoms with Crippen molar-refractivity contribution in [2.75, 3.05) is 36.0 Å². The molecule has 4 aromatic rings. The summed E-state index contributed by atoms with van der Waals surface area (Å²) >= 11 is 0. The Kier molecular flexibility index (Phi) is 13.1. The van der Waals surface area contributed by atoms with Gasteiger partial charge in [0, 0.05) is 37.6 Å². The average Bonchev–Trinajstić information content (AvgIpc) is 3.07. The van der Waals surface area contributed by atoms with Gasteiger partial charge in [-0.3, -0.25) is 0 Å². The molecule has 228 valence electrons. The quantitative estimate of drug-likeness (QED) is 0.121. The predicted octanol–water partition coefficient (Wildman–Crippen LogP) is 11.1. The molecule has 0 unspecified atom stereocenters. The lowest BCUT2D eigenvalue weighted by Crippen LogP contribution is -2.24. The van der Waals surface area contributed by atoms with Gasteiger partial charge in [0.1, 0.15) is 0 Å². The molecular weight excluding hydrogens is 532 g/mol. The van der Waals surface area contributed by atoms with Crippen LogP contribution < -0.4 is 9.80 Å². The van der Waals surface area contributed by atoms with Gasteiger partial charge in [-0.05, 0) is 83.3 Å². The van der Waals surface area contributed by atoms with Gasteiger partial charge in [0.25, 0.3) is 0 Å². The van der Waals surface area contributed by atoms with E-state index >= 15 is 0 Å². The largest absolute Gasteiger partial charge is 0.372 e. The lowest BCUT2D eigenvalue weighted by molar-refractivity contribution is 0.745. The van der Waals surface area contributed by atoms with Gasteiger partial charge in [0.15, 0.2) is 0 Å². The second kappa shape index (κ2) is 17.7. The Morgan fingerprint density at radius 3 is 1.00 bits per heavy atom. The second-order valence-electron chi connectivity index (χ2n) is 11.3. The highest BCUT2D eigenvalue weighted by Crippen LogP contribution is 2.29. The standard InChI is InChI=1S/C42H50N2/c1-5-31-43(32-6-2)39-27-23-37(24-28-39)42(38-25-29-40(30-26-38)44(33-7-3)34-8-4)22-16-15-21-41(35-17-11-9-12-18-35)36-19-13-10-14-20-36/h9-30H,5-8,31-34H2,1-4H3/b16-15+. The second-order valence-corrected chi connectivity index (χ2v) is 11.3. The summed E-state index contributed by atoms with van der Waals surface area (Å²) in [7, 11) is 0. The Hall–Kier alpha value is -4.30. The predicted molar refractivity (Wildman–Crippen MR) is 195 cm³/mol. The van der Waals surface area contributed by atoms with E-state index in [1.54, 1.807) is 0 Å². The lowest BCUT2D eigenvalue weighted by atomic mass is 9.96. The highest BCUT2D eigenvalue weighted by Gasteiger charge is 2.10. The van der Waals surface area contributed by atoms with Gasteiger partial charge in [-0.2, -0.15) is 0 Å². The van der Waals surface area contributed by atoms with Gasteiger partial charge >= 0.3 is 0 Å². The van der Waals surface area contributed by atoms with Gasteiger partial charge in [-0.25, -0.2) is 0 Å². The maximum absolute atomic E-state index is 2.50. The molecule has 0 aliphatic heterocycles. The molecule has 0 aromatic heterocycles. The SMILES string of the molecule is CCCN(CCC)c1ccc(C(=C/C=C/C=C(c2ccccc2)c2ccccc2)c2ccc(N(CCC)CCC)cc2)cc1. The minimum Gasteiger partial charge on any atom is -0.372 e. The number of benzene rings is 4. The van der Waals surface area contributed by atoms with E-state index in [-0.39, 0.29) is 0 Å². The number of nitrogens with zero attached hydrogens (tertiary/aromatic N) is 2. The summed E-state index contributed by atoms with van der Waals surface area (Å²) in [6.45, 7) is 13.4. The molecular formula is C42H50N2. The molecule has 0 saturated heterocycles. The van der Waals surface area contributed by atoms with Crippen molar-refractivity contribution < 1.29 is 0 Å². The van der Waals surface area contributed by atoms with Crippen molar-refractivity contribution in [1.82, 2.24) is 0 Å². The third-order valence-electron chi connectivity index (χ3n) is 7.87. The number of allylic oxidation sites excluding steroid dienone is 4. The molecule has 2 nitrogen and oxygen atoms in total. The number of anilines is 2. The maximum atomic E-state index is 2.50. The molecule has 0 fully saturated rings. The Balaban J connectivity index is 1.71. The van der Waals surface area contributed by atoms with E-state index in [9.17, 15) is 0 Å². The van der Waals surface area contributed by atoms with Crippen LogP contribution in [0.15, 0.2) is 133 Å². The fourth-order valence-corrected chi connectivity index (χ4v) is 5.78. The monoisotopic (exact) mass is 582 g/mol. The summed E-state index contributed by atoms with van der Waals surface area (Å²) in [6, 6.07) is 39.6. The summed E-state index contributed by atoms with van der Waals surface area (Å²) in [5, 5.41) is 0. The van der Waals surface area contributed by atoms with E-state index in [1.165, 1.54) is 44.8 Å². The fraction of sp³-hybridized carbons (Fsp3) is 0.286. The first-order valence-electron chi connectivity index (χ1n) is 16.6. The lowest BCUT2D eigenvalue weighted by Gasteiger charge is -2.24. The van der Waals surface area contributed by atoms with Crippen LogP contribution in [0.1, 0.15) is 75.6 Å². The molecule has 0 bridgehead atoms. The van der Waals surface area contributed by atoms with Crippen LogP contribution in [0.2, 0.25) is 0 Å². The molecule has 4 rings (SSSR count). The Labute approximate surface area is 267 Å². The molecule has 0 heterocycles. The van der Waals surface area contributed by atoms with E-state index in [1.807, 2.05) is 0 Å².